The van der Waals surface area contributed by atoms with Crippen molar-refractivity contribution in [2.75, 3.05) is 58.9 Å². The van der Waals surface area contributed by atoms with Crippen LogP contribution in [0.15, 0.2) is 12.3 Å². The van der Waals surface area contributed by atoms with Crippen molar-refractivity contribution < 1.29 is 4.79 Å². The molecule has 0 spiro atoms. The molecule has 6 nitrogen and oxygen atoms in total. The Balaban J connectivity index is 1.44. The molecule has 35 heavy (non-hydrogen) atoms. The summed E-state index contributed by atoms with van der Waals surface area (Å²) in [7, 11) is 0. The Morgan fingerprint density at radius 2 is 1.43 bits per heavy atom. The van der Waals surface area contributed by atoms with Gasteiger partial charge in [-0.15, -0.1) is 0 Å². The van der Waals surface area contributed by atoms with E-state index < -0.39 is 0 Å². The predicted molar refractivity (Wildman–Crippen MR) is 150 cm³/mol. The Bertz CT molecular complexity index is 565. The first kappa shape index (κ1) is 30.1. The summed E-state index contributed by atoms with van der Waals surface area (Å²) in [5, 5.41) is 9.89. The van der Waals surface area contributed by atoms with Crippen molar-refractivity contribution in [3.63, 3.8) is 0 Å². The predicted octanol–water partition coefficient (Wildman–Crippen LogP) is 4.38. The van der Waals surface area contributed by atoms with Crippen LogP contribution in [0, 0.1) is 11.8 Å². The maximum Gasteiger partial charge on any atom is 0.221 e. The van der Waals surface area contributed by atoms with Crippen molar-refractivity contribution in [2.45, 2.75) is 97.4 Å². The highest BCUT2D eigenvalue weighted by molar-refractivity contribution is 5.76. The van der Waals surface area contributed by atoms with Crippen LogP contribution in [0.4, 0.5) is 0 Å². The van der Waals surface area contributed by atoms with Gasteiger partial charge in [-0.3, -0.25) is 4.79 Å². The van der Waals surface area contributed by atoms with Gasteiger partial charge in [0, 0.05) is 37.8 Å². The highest BCUT2D eigenvalue weighted by Gasteiger charge is 2.22. The van der Waals surface area contributed by atoms with Gasteiger partial charge in [-0.1, -0.05) is 32.8 Å². The second-order valence-corrected chi connectivity index (χ2v) is 11.4. The number of nitrogens with one attached hydrogen (secondary N) is 3. The number of nitrogens with zero attached hydrogens (tertiary/aromatic N) is 2. The maximum absolute atomic E-state index is 12.1. The third-order valence-electron chi connectivity index (χ3n) is 7.80. The Hall–Kier alpha value is -1.11. The van der Waals surface area contributed by atoms with Crippen LogP contribution < -0.4 is 16.0 Å². The summed E-state index contributed by atoms with van der Waals surface area (Å²) in [6.07, 6.45) is 13.5. The molecule has 0 bridgehead atoms. The van der Waals surface area contributed by atoms with E-state index in [1.54, 1.807) is 0 Å². The fourth-order valence-electron chi connectivity index (χ4n) is 5.56. The van der Waals surface area contributed by atoms with Crippen LogP contribution in [0.5, 0.6) is 0 Å². The molecule has 0 atom stereocenters. The van der Waals surface area contributed by atoms with Gasteiger partial charge in [-0.25, -0.2) is 0 Å². The van der Waals surface area contributed by atoms with Crippen LogP contribution in [0.1, 0.15) is 91.4 Å². The van der Waals surface area contributed by atoms with Gasteiger partial charge >= 0.3 is 0 Å². The average molecular weight is 492 g/mol. The zero-order chi connectivity index (χ0) is 25.3. The molecule has 0 radical (unpaired) electrons. The monoisotopic (exact) mass is 491 g/mol. The highest BCUT2D eigenvalue weighted by Crippen LogP contribution is 2.27. The van der Waals surface area contributed by atoms with E-state index in [-0.39, 0.29) is 5.91 Å². The van der Waals surface area contributed by atoms with Crippen LogP contribution in [0.25, 0.3) is 0 Å². The van der Waals surface area contributed by atoms with Gasteiger partial charge in [0.15, 0.2) is 0 Å². The molecule has 0 saturated carbocycles. The standard InChI is InChI=1S/C29H57N5O/c1-5-16-30-17-7-18-31-29(35)15-24-34-22-13-28(14-23-34)9-6-8-27-11-20-33(21-12-27)19-10-26(4)32-25(2)3/h25,27-28,30,32H,4-24H2,1-3H3,(H,31,35). The van der Waals surface area contributed by atoms with Gasteiger partial charge in [0.25, 0.3) is 0 Å². The molecule has 2 saturated heterocycles. The van der Waals surface area contributed by atoms with E-state index in [4.69, 9.17) is 0 Å². The van der Waals surface area contributed by atoms with E-state index >= 15 is 0 Å². The summed E-state index contributed by atoms with van der Waals surface area (Å²) in [4.78, 5) is 17.2. The SMILES string of the molecule is C=C(CCN1CCC(CCCC2CCN(CCC(=O)NCCCNCCC)CC2)CC1)NC(C)C. The summed E-state index contributed by atoms with van der Waals surface area (Å²) in [5.41, 5.74) is 1.18. The zero-order valence-electron chi connectivity index (χ0n) is 23.4. The Labute approximate surface area is 217 Å². The summed E-state index contributed by atoms with van der Waals surface area (Å²) < 4.78 is 0. The molecule has 0 aliphatic carbocycles. The van der Waals surface area contributed by atoms with Crippen LogP contribution in [-0.2, 0) is 4.79 Å². The summed E-state index contributed by atoms with van der Waals surface area (Å²) >= 11 is 0. The van der Waals surface area contributed by atoms with Crippen molar-refractivity contribution in [3.8, 4) is 0 Å². The minimum atomic E-state index is 0.214. The molecule has 3 N–H and O–H groups in total. The maximum atomic E-state index is 12.1. The molecular formula is C29H57N5O. The number of hydrogen-bond donors (Lipinski definition) is 3. The molecule has 0 unspecified atom stereocenters. The number of rotatable bonds is 18. The molecule has 2 rings (SSSR count). The first-order valence-electron chi connectivity index (χ1n) is 14.8. The third kappa shape index (κ3) is 14.3. The number of piperidine rings is 2. The second-order valence-electron chi connectivity index (χ2n) is 11.4. The molecule has 6 heteroatoms. The van der Waals surface area contributed by atoms with Gasteiger partial charge in [0.05, 0.1) is 0 Å². The molecule has 2 heterocycles. The number of carbonyl (C=O) groups excluding carboxylic acids is 1. The van der Waals surface area contributed by atoms with Crippen molar-refractivity contribution >= 4 is 5.91 Å². The number of hydrogen-bond acceptors (Lipinski definition) is 5. The van der Waals surface area contributed by atoms with Gasteiger partial charge < -0.3 is 25.8 Å². The lowest BCUT2D eigenvalue weighted by molar-refractivity contribution is -0.121. The fourth-order valence-corrected chi connectivity index (χ4v) is 5.56. The van der Waals surface area contributed by atoms with Gasteiger partial charge in [-0.05, 0) is 110 Å². The van der Waals surface area contributed by atoms with Crippen LogP contribution in [-0.4, -0.2) is 80.7 Å². The molecule has 2 fully saturated rings. The van der Waals surface area contributed by atoms with Gasteiger partial charge in [0.1, 0.15) is 0 Å². The van der Waals surface area contributed by atoms with E-state index in [9.17, 15) is 4.79 Å². The first-order chi connectivity index (χ1) is 17.0. The molecule has 2 aliphatic rings. The average Bonchev–Trinajstić information content (AvgIpc) is 2.85. The fraction of sp³-hybridized carbons (Fsp3) is 0.897. The minimum absolute atomic E-state index is 0.214. The molecule has 0 aromatic heterocycles. The Morgan fingerprint density at radius 1 is 0.857 bits per heavy atom. The van der Waals surface area contributed by atoms with E-state index in [1.165, 1.54) is 76.8 Å². The van der Waals surface area contributed by atoms with Crippen LogP contribution >= 0.6 is 0 Å². The molecule has 0 aromatic rings. The number of carbonyl (C=O) groups is 1. The van der Waals surface area contributed by atoms with Crippen molar-refractivity contribution in [3.05, 3.63) is 12.3 Å². The van der Waals surface area contributed by atoms with E-state index in [0.29, 0.717) is 12.5 Å². The normalized spacial score (nSPS) is 18.7. The number of likely N-dealkylation sites (tertiary alicyclic amines) is 2. The Kier molecular flexibility index (Phi) is 15.6. The van der Waals surface area contributed by atoms with Crippen LogP contribution in [0.3, 0.4) is 0 Å². The molecule has 0 aromatic carbocycles. The largest absolute Gasteiger partial charge is 0.387 e. The molecular weight excluding hydrogens is 434 g/mol. The summed E-state index contributed by atoms with van der Waals surface area (Å²) in [6.45, 7) is 20.5. The molecule has 2 aliphatic heterocycles. The van der Waals surface area contributed by atoms with E-state index in [2.05, 4.69) is 53.1 Å². The molecule has 204 valence electrons. The minimum Gasteiger partial charge on any atom is -0.387 e. The Morgan fingerprint density at radius 3 is 1.97 bits per heavy atom. The zero-order valence-corrected chi connectivity index (χ0v) is 23.4. The molecule has 1 amide bonds. The smallest absolute Gasteiger partial charge is 0.221 e. The summed E-state index contributed by atoms with van der Waals surface area (Å²) in [5.74, 6) is 2.05. The topological polar surface area (TPSA) is 59.6 Å². The summed E-state index contributed by atoms with van der Waals surface area (Å²) in [6, 6.07) is 0.486. The lowest BCUT2D eigenvalue weighted by atomic mass is 9.87. The van der Waals surface area contributed by atoms with E-state index in [1.807, 2.05) is 0 Å². The van der Waals surface area contributed by atoms with Crippen LogP contribution in [0.2, 0.25) is 0 Å². The number of amides is 1. The van der Waals surface area contributed by atoms with Crippen molar-refractivity contribution in [1.82, 2.24) is 25.8 Å². The van der Waals surface area contributed by atoms with Crippen molar-refractivity contribution in [1.29, 1.82) is 0 Å². The quantitative estimate of drug-likeness (QED) is 0.249. The highest BCUT2D eigenvalue weighted by atomic mass is 16.1. The first-order valence-corrected chi connectivity index (χ1v) is 14.8. The lowest BCUT2D eigenvalue weighted by Crippen LogP contribution is -2.37. The third-order valence-corrected chi connectivity index (χ3v) is 7.80. The lowest BCUT2D eigenvalue weighted by Gasteiger charge is -2.33. The van der Waals surface area contributed by atoms with Gasteiger partial charge in [-0.2, -0.15) is 0 Å². The second kappa shape index (κ2) is 18.2. The van der Waals surface area contributed by atoms with E-state index in [0.717, 1.165) is 63.8 Å². The van der Waals surface area contributed by atoms with Crippen molar-refractivity contribution in [2.24, 2.45) is 11.8 Å². The van der Waals surface area contributed by atoms with Gasteiger partial charge in [0.2, 0.25) is 5.91 Å².